The molecule has 6 nitrogen and oxygen atoms in total. The van der Waals surface area contributed by atoms with Crippen LogP contribution >= 0.6 is 0 Å². The lowest BCUT2D eigenvalue weighted by Gasteiger charge is -2.31. The summed E-state index contributed by atoms with van der Waals surface area (Å²) in [6.07, 6.45) is -2.95. The highest BCUT2D eigenvalue weighted by atomic mass is 16.8. The molecule has 0 amide bonds. The molecule has 0 aromatic heterocycles. The first-order chi connectivity index (χ1) is 8.69. The van der Waals surface area contributed by atoms with Crippen molar-refractivity contribution in [2.24, 2.45) is 0 Å². The number of ether oxygens (including phenoxy) is 3. The Labute approximate surface area is 103 Å². The van der Waals surface area contributed by atoms with Crippen molar-refractivity contribution in [3.63, 3.8) is 0 Å². The summed E-state index contributed by atoms with van der Waals surface area (Å²) in [6.45, 7) is -0.289. The smallest absolute Gasteiger partial charge is 0.188 e. The fourth-order valence-electron chi connectivity index (χ4n) is 2.08. The highest BCUT2D eigenvalue weighted by Crippen LogP contribution is 2.37. The maximum absolute atomic E-state index is 10.0. The molecule has 2 fully saturated rings. The van der Waals surface area contributed by atoms with Gasteiger partial charge in [-0.1, -0.05) is 0 Å². The van der Waals surface area contributed by atoms with Gasteiger partial charge >= 0.3 is 0 Å². The minimum atomic E-state index is -0.951. The number of aliphatic hydroxyl groups is 2. The second-order valence-corrected chi connectivity index (χ2v) is 4.39. The predicted octanol–water partition coefficient (Wildman–Crippen LogP) is -0.384. The minimum Gasteiger partial charge on any atom is -0.508 e. The van der Waals surface area contributed by atoms with E-state index in [4.69, 9.17) is 19.3 Å². The van der Waals surface area contributed by atoms with E-state index in [9.17, 15) is 10.2 Å². The van der Waals surface area contributed by atoms with E-state index in [1.54, 1.807) is 12.1 Å². The number of aromatic hydroxyl groups is 1. The van der Waals surface area contributed by atoms with Crippen LogP contribution in [0.2, 0.25) is 0 Å². The summed E-state index contributed by atoms with van der Waals surface area (Å²) < 4.78 is 16.1. The van der Waals surface area contributed by atoms with Gasteiger partial charge in [0, 0.05) is 0 Å². The predicted molar refractivity (Wildman–Crippen MR) is 59.1 cm³/mol. The number of epoxide rings is 1. The first-order valence-corrected chi connectivity index (χ1v) is 5.74. The van der Waals surface area contributed by atoms with E-state index in [1.807, 2.05) is 0 Å². The van der Waals surface area contributed by atoms with E-state index < -0.39 is 24.6 Å². The van der Waals surface area contributed by atoms with Crippen LogP contribution in [0.4, 0.5) is 0 Å². The Bertz CT molecular complexity index is 419. The molecule has 2 heterocycles. The number of hydrogen-bond donors (Lipinski definition) is 3. The topological polar surface area (TPSA) is 91.7 Å². The fourth-order valence-corrected chi connectivity index (χ4v) is 2.08. The Balaban J connectivity index is 1.73. The third kappa shape index (κ3) is 2.04. The zero-order valence-corrected chi connectivity index (χ0v) is 9.47. The van der Waals surface area contributed by atoms with Crippen molar-refractivity contribution in [2.75, 3.05) is 6.61 Å². The standard InChI is InChI=1S/C12H14O6/c13-5-8-9(15)10(11-12(17-8)18-11)16-7-3-1-6(14)2-4-7/h1-4,8-15H,5H2. The van der Waals surface area contributed by atoms with Gasteiger partial charge in [0.05, 0.1) is 6.61 Å². The summed E-state index contributed by atoms with van der Waals surface area (Å²) >= 11 is 0. The van der Waals surface area contributed by atoms with Crippen molar-refractivity contribution < 1.29 is 29.5 Å². The number of hydrogen-bond acceptors (Lipinski definition) is 6. The molecular formula is C12H14O6. The van der Waals surface area contributed by atoms with E-state index in [0.29, 0.717) is 5.75 Å². The van der Waals surface area contributed by atoms with Gasteiger partial charge < -0.3 is 29.5 Å². The Morgan fingerprint density at radius 3 is 2.56 bits per heavy atom. The molecule has 0 aliphatic carbocycles. The summed E-state index contributed by atoms with van der Waals surface area (Å²) in [7, 11) is 0. The van der Waals surface area contributed by atoms with Crippen LogP contribution in [-0.2, 0) is 9.47 Å². The first kappa shape index (κ1) is 11.7. The molecule has 3 rings (SSSR count). The summed E-state index contributed by atoms with van der Waals surface area (Å²) in [5.41, 5.74) is 0. The lowest BCUT2D eigenvalue weighted by Crippen LogP contribution is -2.51. The summed E-state index contributed by atoms with van der Waals surface area (Å²) in [5.74, 6) is 0.661. The zero-order valence-electron chi connectivity index (χ0n) is 9.47. The van der Waals surface area contributed by atoms with Crippen LogP contribution in [0.1, 0.15) is 0 Å². The third-order valence-electron chi connectivity index (χ3n) is 3.12. The molecule has 98 valence electrons. The SMILES string of the molecule is OCC1OC2OC2C(Oc2ccc(O)cc2)C1O. The van der Waals surface area contributed by atoms with E-state index in [-0.39, 0.29) is 18.5 Å². The number of rotatable bonds is 3. The lowest BCUT2D eigenvalue weighted by atomic mass is 10.0. The molecular weight excluding hydrogens is 240 g/mol. The molecule has 1 aromatic carbocycles. The van der Waals surface area contributed by atoms with Gasteiger partial charge in [-0.3, -0.25) is 0 Å². The molecule has 3 N–H and O–H groups in total. The summed E-state index contributed by atoms with van der Waals surface area (Å²) in [6, 6.07) is 6.19. The molecule has 0 radical (unpaired) electrons. The molecule has 5 unspecified atom stereocenters. The van der Waals surface area contributed by atoms with Gasteiger partial charge in [-0.05, 0) is 24.3 Å². The van der Waals surface area contributed by atoms with Crippen LogP contribution in [0, 0.1) is 0 Å². The van der Waals surface area contributed by atoms with Crippen LogP contribution in [-0.4, -0.2) is 52.6 Å². The van der Waals surface area contributed by atoms with E-state index in [0.717, 1.165) is 0 Å². The molecule has 5 atom stereocenters. The average Bonchev–Trinajstić information content (AvgIpc) is 3.14. The number of phenols is 1. The van der Waals surface area contributed by atoms with Crippen LogP contribution < -0.4 is 4.74 Å². The van der Waals surface area contributed by atoms with E-state index >= 15 is 0 Å². The number of benzene rings is 1. The first-order valence-electron chi connectivity index (χ1n) is 5.74. The molecule has 0 saturated carbocycles. The molecule has 0 spiro atoms. The van der Waals surface area contributed by atoms with Gasteiger partial charge in [0.15, 0.2) is 18.5 Å². The van der Waals surface area contributed by atoms with E-state index in [1.165, 1.54) is 12.1 Å². The second-order valence-electron chi connectivity index (χ2n) is 4.39. The van der Waals surface area contributed by atoms with Crippen LogP contribution in [0.15, 0.2) is 24.3 Å². The van der Waals surface area contributed by atoms with Crippen LogP contribution in [0.5, 0.6) is 11.5 Å². The Morgan fingerprint density at radius 2 is 1.89 bits per heavy atom. The van der Waals surface area contributed by atoms with Crippen LogP contribution in [0.3, 0.4) is 0 Å². The van der Waals surface area contributed by atoms with Crippen molar-refractivity contribution in [1.82, 2.24) is 0 Å². The largest absolute Gasteiger partial charge is 0.508 e. The Hall–Kier alpha value is -1.34. The van der Waals surface area contributed by atoms with Crippen molar-refractivity contribution >= 4 is 0 Å². The molecule has 6 heteroatoms. The highest BCUT2D eigenvalue weighted by Gasteiger charge is 2.57. The van der Waals surface area contributed by atoms with Crippen molar-refractivity contribution in [3.8, 4) is 11.5 Å². The Morgan fingerprint density at radius 1 is 1.17 bits per heavy atom. The van der Waals surface area contributed by atoms with Crippen molar-refractivity contribution in [1.29, 1.82) is 0 Å². The number of fused-ring (bicyclic) bond motifs is 1. The van der Waals surface area contributed by atoms with Gasteiger partial charge in [-0.25, -0.2) is 0 Å². The van der Waals surface area contributed by atoms with Gasteiger partial charge in [-0.2, -0.15) is 0 Å². The van der Waals surface area contributed by atoms with Gasteiger partial charge in [0.25, 0.3) is 0 Å². The number of phenolic OH excluding ortho intramolecular Hbond substituents is 1. The van der Waals surface area contributed by atoms with Crippen LogP contribution in [0.25, 0.3) is 0 Å². The Kier molecular flexibility index (Phi) is 2.87. The molecule has 1 aromatic rings. The minimum absolute atomic E-state index is 0.142. The van der Waals surface area contributed by atoms with Gasteiger partial charge in [-0.15, -0.1) is 0 Å². The van der Waals surface area contributed by atoms with Crippen molar-refractivity contribution in [3.05, 3.63) is 24.3 Å². The molecule has 0 bridgehead atoms. The molecule has 2 aliphatic rings. The normalized spacial score (nSPS) is 38.0. The number of aliphatic hydroxyl groups excluding tert-OH is 2. The lowest BCUT2D eigenvalue weighted by molar-refractivity contribution is -0.138. The maximum atomic E-state index is 10.0. The molecule has 18 heavy (non-hydrogen) atoms. The summed E-state index contributed by atoms with van der Waals surface area (Å²) in [5, 5.41) is 28.3. The van der Waals surface area contributed by atoms with E-state index in [2.05, 4.69) is 0 Å². The zero-order chi connectivity index (χ0) is 12.7. The highest BCUT2D eigenvalue weighted by molar-refractivity contribution is 5.30. The third-order valence-corrected chi connectivity index (χ3v) is 3.12. The fraction of sp³-hybridized carbons (Fsp3) is 0.500. The van der Waals surface area contributed by atoms with Crippen molar-refractivity contribution in [2.45, 2.75) is 30.7 Å². The molecule has 2 saturated heterocycles. The van der Waals surface area contributed by atoms with Gasteiger partial charge in [0.1, 0.15) is 23.7 Å². The average molecular weight is 254 g/mol. The quantitative estimate of drug-likeness (QED) is 0.637. The maximum Gasteiger partial charge on any atom is 0.188 e. The molecule has 2 aliphatic heterocycles. The monoisotopic (exact) mass is 254 g/mol. The summed E-state index contributed by atoms with van der Waals surface area (Å²) in [4.78, 5) is 0. The van der Waals surface area contributed by atoms with Gasteiger partial charge in [0.2, 0.25) is 0 Å². The second kappa shape index (κ2) is 4.40.